The Morgan fingerprint density at radius 2 is 2.17 bits per heavy atom. The van der Waals surface area contributed by atoms with Crippen LogP contribution in [-0.4, -0.2) is 4.98 Å². The van der Waals surface area contributed by atoms with Crippen LogP contribution < -0.4 is 11.1 Å². The monoisotopic (exact) mass is 257 g/mol. The smallest absolute Gasteiger partial charge is 0.433 e. The summed E-state index contributed by atoms with van der Waals surface area (Å²) >= 11 is 0. The molecule has 0 radical (unpaired) electrons. The third kappa shape index (κ3) is 2.73. The van der Waals surface area contributed by atoms with Crippen molar-refractivity contribution in [3.05, 3.63) is 42.1 Å². The molecule has 0 aliphatic rings. The largest absolute Gasteiger partial charge is 0.467 e. The van der Waals surface area contributed by atoms with Crippen molar-refractivity contribution >= 4 is 11.4 Å². The molecule has 96 valence electrons. The summed E-state index contributed by atoms with van der Waals surface area (Å²) < 4.78 is 42.4. The summed E-state index contributed by atoms with van der Waals surface area (Å²) in [4.78, 5) is 3.24. The van der Waals surface area contributed by atoms with Crippen molar-refractivity contribution < 1.29 is 17.6 Å². The number of nitrogen functional groups attached to an aromatic ring is 1. The van der Waals surface area contributed by atoms with Gasteiger partial charge in [0.15, 0.2) is 0 Å². The Bertz CT molecular complexity index is 523. The third-order valence-corrected chi connectivity index (χ3v) is 2.26. The molecule has 18 heavy (non-hydrogen) atoms. The quantitative estimate of drug-likeness (QED) is 0.887. The van der Waals surface area contributed by atoms with Crippen molar-refractivity contribution in [2.75, 3.05) is 11.1 Å². The number of hydrogen-bond acceptors (Lipinski definition) is 4. The van der Waals surface area contributed by atoms with Crippen LogP contribution in [0.25, 0.3) is 0 Å². The molecule has 2 rings (SSSR count). The first-order valence-corrected chi connectivity index (χ1v) is 5.06. The molecule has 4 nitrogen and oxygen atoms in total. The van der Waals surface area contributed by atoms with Gasteiger partial charge in [0.1, 0.15) is 11.5 Å². The number of hydrogen-bond donors (Lipinski definition) is 2. The lowest BCUT2D eigenvalue weighted by Crippen LogP contribution is -2.10. The lowest BCUT2D eigenvalue weighted by atomic mass is 10.2. The second-order valence-electron chi connectivity index (χ2n) is 3.59. The van der Waals surface area contributed by atoms with Gasteiger partial charge in [0, 0.05) is 0 Å². The maximum atomic E-state index is 12.5. The van der Waals surface area contributed by atoms with E-state index in [4.69, 9.17) is 10.2 Å². The van der Waals surface area contributed by atoms with Crippen LogP contribution in [0, 0.1) is 0 Å². The minimum atomic E-state index is -4.49. The van der Waals surface area contributed by atoms with Gasteiger partial charge in [0.25, 0.3) is 0 Å². The molecule has 3 N–H and O–H groups in total. The topological polar surface area (TPSA) is 64.1 Å². The first kappa shape index (κ1) is 12.3. The number of alkyl halides is 3. The van der Waals surface area contributed by atoms with Crippen LogP contribution in [0.2, 0.25) is 0 Å². The Hall–Kier alpha value is -2.18. The molecule has 0 fully saturated rings. The van der Waals surface area contributed by atoms with Crippen LogP contribution in [-0.2, 0) is 12.7 Å². The van der Waals surface area contributed by atoms with Crippen molar-refractivity contribution in [2.45, 2.75) is 12.7 Å². The summed E-state index contributed by atoms with van der Waals surface area (Å²) in [6.07, 6.45) is -2.03. The van der Waals surface area contributed by atoms with Gasteiger partial charge in [-0.05, 0) is 18.2 Å². The van der Waals surface area contributed by atoms with E-state index in [-0.39, 0.29) is 17.9 Å². The fourth-order valence-corrected chi connectivity index (χ4v) is 1.37. The molecule has 2 aromatic rings. The van der Waals surface area contributed by atoms with Crippen LogP contribution in [0.4, 0.5) is 24.5 Å². The number of furan rings is 1. The zero-order chi connectivity index (χ0) is 13.2. The van der Waals surface area contributed by atoms with Crippen LogP contribution in [0.5, 0.6) is 0 Å². The Kier molecular flexibility index (Phi) is 3.14. The van der Waals surface area contributed by atoms with E-state index in [9.17, 15) is 13.2 Å². The van der Waals surface area contributed by atoms with E-state index in [2.05, 4.69) is 10.3 Å². The average molecular weight is 257 g/mol. The molecule has 0 amide bonds. The van der Waals surface area contributed by atoms with Crippen LogP contribution >= 0.6 is 0 Å². The molecular formula is C11H10F3N3O. The predicted octanol–water partition coefficient (Wildman–Crippen LogP) is 2.89. The fraction of sp³-hybridized carbons (Fsp3) is 0.182. The second-order valence-corrected chi connectivity index (χ2v) is 3.59. The molecule has 0 saturated heterocycles. The maximum absolute atomic E-state index is 12.5. The molecule has 0 aromatic carbocycles. The highest BCUT2D eigenvalue weighted by atomic mass is 19.4. The summed E-state index contributed by atoms with van der Waals surface area (Å²) in [5.74, 6) is 0.597. The number of nitrogens with zero attached hydrogens (tertiary/aromatic N) is 1. The molecular weight excluding hydrogens is 247 g/mol. The van der Waals surface area contributed by atoms with Crippen molar-refractivity contribution in [2.24, 2.45) is 0 Å². The van der Waals surface area contributed by atoms with Crippen LogP contribution in [0.1, 0.15) is 11.5 Å². The summed E-state index contributed by atoms with van der Waals surface area (Å²) in [5, 5.41) is 2.77. The van der Waals surface area contributed by atoms with Gasteiger partial charge >= 0.3 is 6.18 Å². The Morgan fingerprint density at radius 3 is 2.78 bits per heavy atom. The zero-order valence-corrected chi connectivity index (χ0v) is 9.16. The standard InChI is InChI=1S/C11H10F3N3O/c12-11(13,14)10-4-9(8(15)6-17-10)16-5-7-2-1-3-18-7/h1-4,6H,5,15H2,(H,16,17). The van der Waals surface area contributed by atoms with Gasteiger partial charge < -0.3 is 15.5 Å². The van der Waals surface area contributed by atoms with Gasteiger partial charge in [-0.3, -0.25) is 0 Å². The predicted molar refractivity (Wildman–Crippen MR) is 59.7 cm³/mol. The highest BCUT2D eigenvalue weighted by Gasteiger charge is 2.32. The number of rotatable bonds is 3. The van der Waals surface area contributed by atoms with Crippen molar-refractivity contribution in [1.82, 2.24) is 4.98 Å². The van der Waals surface area contributed by atoms with E-state index in [1.807, 2.05) is 0 Å². The van der Waals surface area contributed by atoms with Gasteiger partial charge in [-0.1, -0.05) is 0 Å². The third-order valence-electron chi connectivity index (χ3n) is 2.26. The first-order valence-electron chi connectivity index (χ1n) is 5.06. The summed E-state index contributed by atoms with van der Waals surface area (Å²) in [5.41, 5.74) is 4.88. The summed E-state index contributed by atoms with van der Waals surface area (Å²) in [7, 11) is 0. The van der Waals surface area contributed by atoms with E-state index in [0.717, 1.165) is 12.3 Å². The van der Waals surface area contributed by atoms with Gasteiger partial charge in [-0.15, -0.1) is 0 Å². The van der Waals surface area contributed by atoms with Crippen LogP contribution in [0.3, 0.4) is 0 Å². The minimum Gasteiger partial charge on any atom is -0.467 e. The Balaban J connectivity index is 2.16. The van der Waals surface area contributed by atoms with Gasteiger partial charge in [-0.2, -0.15) is 13.2 Å². The van der Waals surface area contributed by atoms with Gasteiger partial charge in [0.2, 0.25) is 0 Å². The second kappa shape index (κ2) is 4.59. The number of anilines is 2. The molecule has 0 aliphatic carbocycles. The molecule has 0 unspecified atom stereocenters. The molecule has 0 spiro atoms. The number of aromatic nitrogens is 1. The summed E-state index contributed by atoms with van der Waals surface area (Å²) in [6.45, 7) is 0.249. The molecule has 2 aromatic heterocycles. The molecule has 7 heteroatoms. The Labute approximate surface area is 101 Å². The molecule has 0 aliphatic heterocycles. The maximum Gasteiger partial charge on any atom is 0.433 e. The highest BCUT2D eigenvalue weighted by molar-refractivity contribution is 5.65. The SMILES string of the molecule is Nc1cnc(C(F)(F)F)cc1NCc1ccco1. The summed E-state index contributed by atoms with van der Waals surface area (Å²) in [6, 6.07) is 4.27. The number of halogens is 3. The zero-order valence-electron chi connectivity index (χ0n) is 9.16. The normalized spacial score (nSPS) is 11.5. The number of nitrogens with one attached hydrogen (secondary N) is 1. The van der Waals surface area contributed by atoms with Gasteiger partial charge in [0.05, 0.1) is 30.4 Å². The first-order chi connectivity index (χ1) is 8.47. The van der Waals surface area contributed by atoms with E-state index in [1.54, 1.807) is 12.1 Å². The number of nitrogens with two attached hydrogens (primary N) is 1. The fourth-order valence-electron chi connectivity index (χ4n) is 1.37. The van der Waals surface area contributed by atoms with Gasteiger partial charge in [-0.25, -0.2) is 4.98 Å². The lowest BCUT2D eigenvalue weighted by Gasteiger charge is -2.11. The van der Waals surface area contributed by atoms with Crippen molar-refractivity contribution in [1.29, 1.82) is 0 Å². The minimum absolute atomic E-state index is 0.148. The molecule has 0 saturated carbocycles. The molecule has 0 bridgehead atoms. The average Bonchev–Trinajstić information content (AvgIpc) is 2.79. The molecule has 0 atom stereocenters. The number of pyridine rings is 1. The highest BCUT2D eigenvalue weighted by Crippen LogP contribution is 2.31. The van der Waals surface area contributed by atoms with E-state index in [0.29, 0.717) is 5.76 Å². The van der Waals surface area contributed by atoms with Crippen molar-refractivity contribution in [3.63, 3.8) is 0 Å². The van der Waals surface area contributed by atoms with E-state index < -0.39 is 11.9 Å². The van der Waals surface area contributed by atoms with E-state index in [1.165, 1.54) is 6.26 Å². The van der Waals surface area contributed by atoms with Crippen LogP contribution in [0.15, 0.2) is 35.1 Å². The van der Waals surface area contributed by atoms with E-state index >= 15 is 0 Å². The van der Waals surface area contributed by atoms with Crippen molar-refractivity contribution in [3.8, 4) is 0 Å². The Morgan fingerprint density at radius 1 is 1.39 bits per heavy atom. The lowest BCUT2D eigenvalue weighted by molar-refractivity contribution is -0.141. The molecule has 2 heterocycles.